The van der Waals surface area contributed by atoms with E-state index in [0.717, 1.165) is 34.2 Å². The fourth-order valence-electron chi connectivity index (χ4n) is 2.56. The second-order valence-electron chi connectivity index (χ2n) is 4.96. The molecule has 4 rings (SSSR count). The van der Waals surface area contributed by atoms with Gasteiger partial charge in [-0.3, -0.25) is 4.79 Å². The summed E-state index contributed by atoms with van der Waals surface area (Å²) < 4.78 is 11.6. The smallest absolute Gasteiger partial charge is 0.184 e. The van der Waals surface area contributed by atoms with Crippen molar-refractivity contribution in [3.63, 3.8) is 0 Å². The van der Waals surface area contributed by atoms with Gasteiger partial charge in [0.1, 0.15) is 17.3 Å². The van der Waals surface area contributed by atoms with Gasteiger partial charge in [-0.25, -0.2) is 4.98 Å². The second-order valence-corrected chi connectivity index (χ2v) is 6.08. The number of carbonyl (C=O) groups excluding carboxylic acids is 1. The molecule has 0 amide bonds. The first-order valence-corrected chi connectivity index (χ1v) is 7.54. The summed E-state index contributed by atoms with van der Waals surface area (Å²) >= 11 is 1.58. The highest BCUT2D eigenvalue weighted by atomic mass is 32.1. The van der Waals surface area contributed by atoms with Crippen LogP contribution in [0.5, 0.6) is 11.5 Å². The fourth-order valence-corrected chi connectivity index (χ4v) is 3.70. The minimum Gasteiger partial charge on any atom is -0.485 e. The van der Waals surface area contributed by atoms with E-state index in [1.165, 1.54) is 0 Å². The number of aromatic nitrogens is 1. The molecule has 102 valence electrons. The summed E-state index contributed by atoms with van der Waals surface area (Å²) in [6, 6.07) is 7.62. The van der Waals surface area contributed by atoms with E-state index in [-0.39, 0.29) is 11.9 Å². The number of thiazole rings is 1. The van der Waals surface area contributed by atoms with Crippen LogP contribution in [0.25, 0.3) is 0 Å². The molecular formula is C15H13NO3S. The molecule has 2 heterocycles. The third-order valence-electron chi connectivity index (χ3n) is 3.57. The van der Waals surface area contributed by atoms with E-state index in [0.29, 0.717) is 18.7 Å². The average molecular weight is 287 g/mol. The Morgan fingerprint density at radius 1 is 1.20 bits per heavy atom. The zero-order chi connectivity index (χ0) is 13.5. The number of carbonyl (C=O) groups is 1. The van der Waals surface area contributed by atoms with Gasteiger partial charge in [0.2, 0.25) is 0 Å². The molecule has 0 bridgehead atoms. The molecule has 0 saturated heterocycles. The van der Waals surface area contributed by atoms with Gasteiger partial charge in [-0.05, 0) is 25.0 Å². The van der Waals surface area contributed by atoms with Crippen LogP contribution >= 0.6 is 11.3 Å². The molecule has 1 aliphatic heterocycles. The van der Waals surface area contributed by atoms with Crippen LogP contribution in [-0.4, -0.2) is 17.4 Å². The van der Waals surface area contributed by atoms with Crippen LogP contribution in [0.15, 0.2) is 24.3 Å². The third-order valence-corrected chi connectivity index (χ3v) is 4.78. The quantitative estimate of drug-likeness (QED) is 0.808. The van der Waals surface area contributed by atoms with Crippen LogP contribution in [0.3, 0.4) is 0 Å². The Morgan fingerprint density at radius 3 is 2.90 bits per heavy atom. The van der Waals surface area contributed by atoms with Gasteiger partial charge in [0, 0.05) is 11.3 Å². The van der Waals surface area contributed by atoms with Gasteiger partial charge in [0.25, 0.3) is 0 Å². The maximum absolute atomic E-state index is 11.9. The van der Waals surface area contributed by atoms with E-state index >= 15 is 0 Å². The summed E-state index contributed by atoms with van der Waals surface area (Å²) in [7, 11) is 0. The monoisotopic (exact) mass is 287 g/mol. The van der Waals surface area contributed by atoms with Crippen molar-refractivity contribution < 1.29 is 14.3 Å². The molecule has 0 saturated carbocycles. The van der Waals surface area contributed by atoms with Gasteiger partial charge in [0.15, 0.2) is 23.4 Å². The maximum atomic E-state index is 11.9. The Kier molecular flexibility index (Phi) is 2.73. The number of aryl methyl sites for hydroxylation is 1. The van der Waals surface area contributed by atoms with Gasteiger partial charge < -0.3 is 9.47 Å². The van der Waals surface area contributed by atoms with E-state index in [2.05, 4.69) is 4.98 Å². The van der Waals surface area contributed by atoms with Gasteiger partial charge in [-0.1, -0.05) is 12.1 Å². The van der Waals surface area contributed by atoms with E-state index in [4.69, 9.17) is 9.47 Å². The highest BCUT2D eigenvalue weighted by molar-refractivity contribution is 7.12. The molecule has 1 unspecified atom stereocenters. The molecule has 1 atom stereocenters. The predicted octanol–water partition coefficient (Wildman–Crippen LogP) is 3.17. The molecular weight excluding hydrogens is 274 g/mol. The van der Waals surface area contributed by atoms with Gasteiger partial charge in [-0.2, -0.15) is 0 Å². The molecule has 2 aliphatic rings. The second kappa shape index (κ2) is 4.59. The van der Waals surface area contributed by atoms with Crippen molar-refractivity contribution in [3.05, 3.63) is 39.8 Å². The lowest BCUT2D eigenvalue weighted by Crippen LogP contribution is -2.21. The predicted molar refractivity (Wildman–Crippen MR) is 74.7 cm³/mol. The van der Waals surface area contributed by atoms with E-state index in [9.17, 15) is 4.79 Å². The molecule has 5 heteroatoms. The summed E-state index contributed by atoms with van der Waals surface area (Å²) in [6.07, 6.45) is 2.27. The molecule has 2 aromatic rings. The summed E-state index contributed by atoms with van der Waals surface area (Å²) in [5.41, 5.74) is 0.652. The molecule has 4 nitrogen and oxygen atoms in total. The van der Waals surface area contributed by atoms with Crippen molar-refractivity contribution in [2.75, 3.05) is 6.61 Å². The van der Waals surface area contributed by atoms with Crippen LogP contribution in [0, 0.1) is 0 Å². The highest BCUT2D eigenvalue weighted by Crippen LogP contribution is 2.38. The van der Waals surface area contributed by atoms with Crippen molar-refractivity contribution in [1.29, 1.82) is 0 Å². The largest absolute Gasteiger partial charge is 0.485 e. The third kappa shape index (κ3) is 1.89. The standard InChI is InChI=1S/C15H13NO3S/c17-9-4-3-7-13-14(9)16-15(20-13)12-8-18-10-5-1-2-6-11(10)19-12/h1-2,5-6,12H,3-4,7-8H2. The van der Waals surface area contributed by atoms with Gasteiger partial charge in [0.05, 0.1) is 0 Å². The number of fused-ring (bicyclic) bond motifs is 2. The molecule has 1 aliphatic carbocycles. The Morgan fingerprint density at radius 2 is 2.05 bits per heavy atom. The molecule has 0 radical (unpaired) electrons. The number of Topliss-reactive ketones (excluding diaryl/α,β-unsaturated/α-hetero) is 1. The first kappa shape index (κ1) is 11.9. The first-order valence-electron chi connectivity index (χ1n) is 6.72. The number of para-hydroxylation sites is 2. The van der Waals surface area contributed by atoms with Gasteiger partial charge in [-0.15, -0.1) is 11.3 Å². The molecule has 0 N–H and O–H groups in total. The van der Waals surface area contributed by atoms with Crippen molar-refractivity contribution in [2.45, 2.75) is 25.4 Å². The topological polar surface area (TPSA) is 48.4 Å². The number of hydrogen-bond acceptors (Lipinski definition) is 5. The Hall–Kier alpha value is -1.88. The van der Waals surface area contributed by atoms with E-state index < -0.39 is 0 Å². The molecule has 0 fully saturated rings. The maximum Gasteiger partial charge on any atom is 0.184 e. The van der Waals surface area contributed by atoms with Crippen molar-refractivity contribution in [2.24, 2.45) is 0 Å². The summed E-state index contributed by atoms with van der Waals surface area (Å²) in [5.74, 6) is 1.66. The van der Waals surface area contributed by atoms with Gasteiger partial charge >= 0.3 is 0 Å². The van der Waals surface area contributed by atoms with Crippen LogP contribution in [0.2, 0.25) is 0 Å². The first-order chi connectivity index (χ1) is 9.81. The average Bonchev–Trinajstić information content (AvgIpc) is 2.92. The number of rotatable bonds is 1. The molecule has 20 heavy (non-hydrogen) atoms. The van der Waals surface area contributed by atoms with E-state index in [1.807, 2.05) is 24.3 Å². The fraction of sp³-hybridized carbons (Fsp3) is 0.333. The Bertz CT molecular complexity index is 680. The highest BCUT2D eigenvalue weighted by Gasteiger charge is 2.29. The summed E-state index contributed by atoms with van der Waals surface area (Å²) in [4.78, 5) is 17.4. The van der Waals surface area contributed by atoms with Crippen LogP contribution < -0.4 is 9.47 Å². The minimum atomic E-state index is -0.215. The number of benzene rings is 1. The normalized spacial score (nSPS) is 20.6. The Labute approximate surface area is 120 Å². The van der Waals surface area contributed by atoms with Crippen molar-refractivity contribution in [3.8, 4) is 11.5 Å². The van der Waals surface area contributed by atoms with Crippen LogP contribution in [-0.2, 0) is 6.42 Å². The molecule has 1 aromatic carbocycles. The van der Waals surface area contributed by atoms with Crippen molar-refractivity contribution >= 4 is 17.1 Å². The number of ether oxygens (including phenoxy) is 2. The molecule has 0 spiro atoms. The minimum absolute atomic E-state index is 0.158. The van der Waals surface area contributed by atoms with Crippen LogP contribution in [0.1, 0.15) is 39.3 Å². The Balaban J connectivity index is 1.65. The lowest BCUT2D eigenvalue weighted by Gasteiger charge is -2.24. The number of nitrogens with zero attached hydrogens (tertiary/aromatic N) is 1. The summed E-state index contributed by atoms with van der Waals surface area (Å²) in [5, 5.41) is 0.847. The number of hydrogen-bond donors (Lipinski definition) is 0. The lowest BCUT2D eigenvalue weighted by molar-refractivity contribution is 0.0902. The summed E-state index contributed by atoms with van der Waals surface area (Å²) in [6.45, 7) is 0.442. The zero-order valence-electron chi connectivity index (χ0n) is 10.8. The lowest BCUT2D eigenvalue weighted by atomic mass is 10.0. The van der Waals surface area contributed by atoms with E-state index in [1.54, 1.807) is 11.3 Å². The van der Waals surface area contributed by atoms with Crippen molar-refractivity contribution in [1.82, 2.24) is 4.98 Å². The molecule has 1 aromatic heterocycles. The van der Waals surface area contributed by atoms with Crippen LogP contribution in [0.4, 0.5) is 0 Å². The SMILES string of the molecule is O=C1CCCc2sc(C3COc4ccccc4O3)nc21. The number of ketones is 1. The zero-order valence-corrected chi connectivity index (χ0v) is 11.6.